The van der Waals surface area contributed by atoms with Crippen molar-refractivity contribution in [3.05, 3.63) is 36.7 Å². The van der Waals surface area contributed by atoms with Crippen LogP contribution in [-0.2, 0) is 4.79 Å². The van der Waals surface area contributed by atoms with Crippen LogP contribution < -0.4 is 0 Å². The Hall–Kier alpha value is -2.10. The van der Waals surface area contributed by atoms with Gasteiger partial charge in [-0.2, -0.15) is 0 Å². The van der Waals surface area contributed by atoms with Gasteiger partial charge in [0.2, 0.25) is 0 Å². The SMILES string of the molecule is O=C(O)C(=O)n1cc2ccccc2c1. The maximum absolute atomic E-state index is 11.1. The third-order valence-corrected chi connectivity index (χ3v) is 1.97. The van der Waals surface area contributed by atoms with Gasteiger partial charge in [0.25, 0.3) is 0 Å². The summed E-state index contributed by atoms with van der Waals surface area (Å²) in [5, 5.41) is 10.2. The Morgan fingerprint density at radius 2 is 1.57 bits per heavy atom. The highest BCUT2D eigenvalue weighted by molar-refractivity contribution is 6.32. The van der Waals surface area contributed by atoms with Crippen LogP contribution in [0, 0.1) is 0 Å². The van der Waals surface area contributed by atoms with E-state index in [-0.39, 0.29) is 0 Å². The summed E-state index contributed by atoms with van der Waals surface area (Å²) in [7, 11) is 0. The average Bonchev–Trinajstić information content (AvgIpc) is 2.59. The van der Waals surface area contributed by atoms with Gasteiger partial charge in [0.05, 0.1) is 0 Å². The average molecular weight is 189 g/mol. The van der Waals surface area contributed by atoms with Crippen LogP contribution >= 0.6 is 0 Å². The van der Waals surface area contributed by atoms with Crippen molar-refractivity contribution in [1.29, 1.82) is 0 Å². The number of hydrogen-bond acceptors (Lipinski definition) is 2. The standard InChI is InChI=1S/C10H7NO3/c12-9(10(13)14)11-5-7-3-1-2-4-8(7)6-11/h1-6H,(H,13,14). The first-order chi connectivity index (χ1) is 6.68. The molecule has 2 aromatic rings. The number of carbonyl (C=O) groups excluding carboxylic acids is 1. The molecule has 0 aliphatic carbocycles. The zero-order chi connectivity index (χ0) is 10.1. The molecular formula is C10H7NO3. The highest BCUT2D eigenvalue weighted by atomic mass is 16.4. The maximum atomic E-state index is 11.1. The lowest BCUT2D eigenvalue weighted by Gasteiger charge is -1.92. The second kappa shape index (κ2) is 2.99. The Bertz CT molecular complexity index is 480. The van der Waals surface area contributed by atoms with Crippen LogP contribution in [-0.4, -0.2) is 21.6 Å². The molecule has 0 aliphatic rings. The highest BCUT2D eigenvalue weighted by Gasteiger charge is 2.13. The number of benzene rings is 1. The fourth-order valence-corrected chi connectivity index (χ4v) is 1.31. The van der Waals surface area contributed by atoms with E-state index in [1.807, 2.05) is 24.3 Å². The van der Waals surface area contributed by atoms with Gasteiger partial charge in [0, 0.05) is 12.4 Å². The first kappa shape index (κ1) is 8.50. The summed E-state index contributed by atoms with van der Waals surface area (Å²) in [6.07, 6.45) is 3.01. The number of carbonyl (C=O) groups is 2. The molecule has 4 nitrogen and oxygen atoms in total. The molecule has 0 unspecified atom stereocenters. The van der Waals surface area contributed by atoms with Crippen molar-refractivity contribution in [2.75, 3.05) is 0 Å². The topological polar surface area (TPSA) is 59.3 Å². The molecule has 14 heavy (non-hydrogen) atoms. The lowest BCUT2D eigenvalue weighted by atomic mass is 10.2. The largest absolute Gasteiger partial charge is 0.474 e. The number of hydrogen-bond donors (Lipinski definition) is 1. The molecule has 0 aliphatic heterocycles. The third kappa shape index (κ3) is 1.26. The van der Waals surface area contributed by atoms with Gasteiger partial charge in [0.15, 0.2) is 0 Å². The summed E-state index contributed by atoms with van der Waals surface area (Å²) >= 11 is 0. The Kier molecular flexibility index (Phi) is 1.81. The first-order valence-electron chi connectivity index (χ1n) is 4.03. The molecule has 1 N–H and O–H groups in total. The van der Waals surface area contributed by atoms with Crippen molar-refractivity contribution in [1.82, 2.24) is 4.57 Å². The van der Waals surface area contributed by atoms with Crippen LogP contribution in [0.5, 0.6) is 0 Å². The van der Waals surface area contributed by atoms with Crippen molar-refractivity contribution in [2.45, 2.75) is 0 Å². The Balaban J connectivity index is 2.55. The Morgan fingerprint density at radius 3 is 2.00 bits per heavy atom. The van der Waals surface area contributed by atoms with E-state index in [4.69, 9.17) is 5.11 Å². The van der Waals surface area contributed by atoms with Gasteiger partial charge in [-0.1, -0.05) is 24.3 Å². The molecule has 0 radical (unpaired) electrons. The molecule has 0 bridgehead atoms. The summed E-state index contributed by atoms with van der Waals surface area (Å²) in [6.45, 7) is 0. The molecule has 0 fully saturated rings. The van der Waals surface area contributed by atoms with Gasteiger partial charge < -0.3 is 5.11 Å². The normalized spacial score (nSPS) is 10.3. The number of aromatic nitrogens is 1. The molecule has 70 valence electrons. The van der Waals surface area contributed by atoms with Gasteiger partial charge in [0.1, 0.15) is 0 Å². The van der Waals surface area contributed by atoms with E-state index in [9.17, 15) is 9.59 Å². The van der Waals surface area contributed by atoms with E-state index in [0.29, 0.717) is 0 Å². The number of rotatable bonds is 0. The predicted molar refractivity (Wildman–Crippen MR) is 50.2 cm³/mol. The lowest BCUT2D eigenvalue weighted by Crippen LogP contribution is -2.19. The summed E-state index contributed by atoms with van der Waals surface area (Å²) < 4.78 is 1.08. The Morgan fingerprint density at radius 1 is 1.07 bits per heavy atom. The Labute approximate surface area is 79.4 Å². The van der Waals surface area contributed by atoms with Crippen molar-refractivity contribution < 1.29 is 14.7 Å². The molecule has 1 heterocycles. The molecule has 4 heteroatoms. The van der Waals surface area contributed by atoms with Gasteiger partial charge in [-0.15, -0.1) is 0 Å². The number of carboxylic acids is 1. The number of aliphatic carboxylic acids is 1. The second-order valence-electron chi connectivity index (χ2n) is 2.90. The van der Waals surface area contributed by atoms with E-state index < -0.39 is 11.9 Å². The van der Waals surface area contributed by atoms with E-state index in [0.717, 1.165) is 15.3 Å². The maximum Gasteiger partial charge on any atom is 0.395 e. The molecule has 0 atom stereocenters. The van der Waals surface area contributed by atoms with Crippen LogP contribution in [0.1, 0.15) is 4.79 Å². The molecular weight excluding hydrogens is 182 g/mol. The monoisotopic (exact) mass is 189 g/mol. The van der Waals surface area contributed by atoms with Gasteiger partial charge in [-0.25, -0.2) is 4.79 Å². The van der Waals surface area contributed by atoms with Gasteiger partial charge in [-0.05, 0) is 10.8 Å². The van der Waals surface area contributed by atoms with Crippen LogP contribution in [0.15, 0.2) is 36.7 Å². The van der Waals surface area contributed by atoms with E-state index >= 15 is 0 Å². The van der Waals surface area contributed by atoms with Crippen molar-refractivity contribution in [2.24, 2.45) is 0 Å². The molecule has 1 aromatic carbocycles. The number of nitrogens with zero attached hydrogens (tertiary/aromatic N) is 1. The van der Waals surface area contributed by atoms with Gasteiger partial charge >= 0.3 is 11.9 Å². The molecule has 0 amide bonds. The van der Waals surface area contributed by atoms with Crippen LogP contribution in [0.2, 0.25) is 0 Å². The summed E-state index contributed by atoms with van der Waals surface area (Å²) in [4.78, 5) is 21.5. The minimum Gasteiger partial charge on any atom is -0.474 e. The molecule has 0 spiro atoms. The lowest BCUT2D eigenvalue weighted by molar-refractivity contribution is -0.132. The molecule has 2 rings (SSSR count). The van der Waals surface area contributed by atoms with Crippen molar-refractivity contribution in [3.63, 3.8) is 0 Å². The number of fused-ring (bicyclic) bond motifs is 1. The zero-order valence-electron chi connectivity index (χ0n) is 7.18. The summed E-state index contributed by atoms with van der Waals surface area (Å²) in [5.41, 5.74) is 0. The van der Waals surface area contributed by atoms with Gasteiger partial charge in [-0.3, -0.25) is 9.36 Å². The number of carboxylic acid groups (broad SMARTS) is 1. The van der Waals surface area contributed by atoms with E-state index in [2.05, 4.69) is 0 Å². The van der Waals surface area contributed by atoms with Crippen LogP contribution in [0.3, 0.4) is 0 Å². The summed E-state index contributed by atoms with van der Waals surface area (Å²) in [5.74, 6) is -2.40. The fourth-order valence-electron chi connectivity index (χ4n) is 1.31. The predicted octanol–water partition coefficient (Wildman–Crippen LogP) is 1.37. The highest BCUT2D eigenvalue weighted by Crippen LogP contribution is 2.14. The molecule has 0 saturated carbocycles. The minimum atomic E-state index is -1.45. The van der Waals surface area contributed by atoms with Crippen LogP contribution in [0.4, 0.5) is 0 Å². The second-order valence-corrected chi connectivity index (χ2v) is 2.90. The minimum absolute atomic E-state index is 0.849. The smallest absolute Gasteiger partial charge is 0.395 e. The molecule has 1 aromatic heterocycles. The van der Waals surface area contributed by atoms with Crippen LogP contribution in [0.25, 0.3) is 10.8 Å². The third-order valence-electron chi connectivity index (χ3n) is 1.97. The fraction of sp³-hybridized carbons (Fsp3) is 0. The first-order valence-corrected chi connectivity index (χ1v) is 4.03. The summed E-state index contributed by atoms with van der Waals surface area (Å²) in [6, 6.07) is 7.30. The quantitative estimate of drug-likeness (QED) is 0.636. The zero-order valence-corrected chi connectivity index (χ0v) is 7.18. The van der Waals surface area contributed by atoms with E-state index in [1.54, 1.807) is 0 Å². The van der Waals surface area contributed by atoms with Crippen molar-refractivity contribution >= 4 is 22.6 Å². The molecule has 0 saturated heterocycles. The van der Waals surface area contributed by atoms with E-state index in [1.165, 1.54) is 12.4 Å². The van der Waals surface area contributed by atoms with Crippen molar-refractivity contribution in [3.8, 4) is 0 Å².